The first-order valence-corrected chi connectivity index (χ1v) is 17.0. The van der Waals surface area contributed by atoms with Crippen molar-refractivity contribution in [3.63, 3.8) is 0 Å². The van der Waals surface area contributed by atoms with Crippen molar-refractivity contribution in [3.8, 4) is 0 Å². The van der Waals surface area contributed by atoms with Gasteiger partial charge in [-0.2, -0.15) is 0 Å². The Morgan fingerprint density at radius 3 is 2.02 bits per heavy atom. The van der Waals surface area contributed by atoms with Gasteiger partial charge in [-0.25, -0.2) is 14.4 Å². The van der Waals surface area contributed by atoms with E-state index in [9.17, 15) is 29.1 Å². The number of ether oxygens (including phenoxy) is 3. The zero-order chi connectivity index (χ0) is 35.2. The summed E-state index contributed by atoms with van der Waals surface area (Å²) >= 11 is 1.27. The minimum Gasteiger partial charge on any atom is -0.458 e. The van der Waals surface area contributed by atoms with Gasteiger partial charge in [0, 0.05) is 12.2 Å². The van der Waals surface area contributed by atoms with Gasteiger partial charge in [-0.1, -0.05) is 60.7 Å². The molecule has 0 radical (unpaired) electrons. The maximum atomic E-state index is 13.6. The largest absolute Gasteiger partial charge is 0.458 e. The average Bonchev–Trinajstić information content (AvgIpc) is 3.00. The smallest absolute Gasteiger partial charge is 0.408 e. The molecule has 48 heavy (non-hydrogen) atoms. The molecule has 260 valence electrons. The fourth-order valence-corrected chi connectivity index (χ4v) is 6.74. The lowest BCUT2D eigenvalue weighted by molar-refractivity contribution is -0.178. The number of thioether (sulfide) groups is 1. The Kier molecular flexibility index (Phi) is 11.8. The minimum atomic E-state index is -1.16. The number of hydrogen-bond donors (Lipinski definition) is 3. The van der Waals surface area contributed by atoms with Gasteiger partial charge in [0.05, 0.1) is 6.10 Å². The molecule has 5 atom stereocenters. The van der Waals surface area contributed by atoms with Crippen LogP contribution >= 0.6 is 11.8 Å². The molecule has 12 nitrogen and oxygen atoms in total. The lowest BCUT2D eigenvalue weighted by Crippen LogP contribution is -2.76. The van der Waals surface area contributed by atoms with Gasteiger partial charge in [0.1, 0.15) is 28.7 Å². The Labute approximate surface area is 285 Å². The number of esters is 2. The van der Waals surface area contributed by atoms with E-state index in [2.05, 4.69) is 10.6 Å². The average molecular weight is 684 g/mol. The molecule has 13 heteroatoms. The lowest BCUT2D eigenvalue weighted by atomic mass is 9.99. The van der Waals surface area contributed by atoms with E-state index in [1.165, 1.54) is 16.7 Å². The molecule has 0 saturated carbocycles. The number of nitrogens with zero attached hydrogens (tertiary/aromatic N) is 1. The maximum Gasteiger partial charge on any atom is 0.408 e. The van der Waals surface area contributed by atoms with Gasteiger partial charge < -0.3 is 34.9 Å². The number of β-lactam (4-membered cyclic amide) rings is 1. The number of rotatable bonds is 11. The molecule has 2 aliphatic rings. The summed E-state index contributed by atoms with van der Waals surface area (Å²) in [5.74, 6) is -2.14. The first-order valence-electron chi connectivity index (χ1n) is 16.0. The second-order valence-corrected chi connectivity index (χ2v) is 14.9. The third-order valence-corrected chi connectivity index (χ3v) is 8.83. The van der Waals surface area contributed by atoms with Gasteiger partial charge >= 0.3 is 18.0 Å². The molecule has 3 amide bonds. The van der Waals surface area contributed by atoms with Gasteiger partial charge in [-0.3, -0.25) is 9.59 Å². The van der Waals surface area contributed by atoms with Crippen LogP contribution in [0.15, 0.2) is 60.7 Å². The number of benzene rings is 2. The Morgan fingerprint density at radius 1 is 0.917 bits per heavy atom. The summed E-state index contributed by atoms with van der Waals surface area (Å²) < 4.78 is 16.8. The summed E-state index contributed by atoms with van der Waals surface area (Å²) in [6.45, 7) is 10.2. The molecular weight excluding hydrogens is 638 g/mol. The predicted molar refractivity (Wildman–Crippen MR) is 178 cm³/mol. The molecule has 4 rings (SSSR count). The van der Waals surface area contributed by atoms with E-state index in [4.69, 9.17) is 14.2 Å². The summed E-state index contributed by atoms with van der Waals surface area (Å²) in [6.07, 6.45) is -2.47. The topological polar surface area (TPSA) is 161 Å². The molecule has 2 saturated heterocycles. The van der Waals surface area contributed by atoms with Gasteiger partial charge in [0.15, 0.2) is 12.1 Å². The molecule has 2 fully saturated rings. The predicted octanol–water partition coefficient (Wildman–Crippen LogP) is 3.85. The van der Waals surface area contributed by atoms with Crippen molar-refractivity contribution >= 4 is 41.6 Å². The van der Waals surface area contributed by atoms with E-state index in [0.717, 1.165) is 11.1 Å². The van der Waals surface area contributed by atoms with Crippen LogP contribution in [-0.2, 0) is 33.4 Å². The standard InChI is InChI=1S/C35H45N3O9S/c1-34(2,3)46-32(43)27-24(39)20-48-30-26(29(41)38(27)30)37-25(40)19-13-18-23(36-33(44)47-35(4,5)6)31(42)45-28(21-14-9-7-10-15-21)22-16-11-8-12-17-22/h7-12,14-17,23-24,26-28,30,39H,13,18-20H2,1-6H3,(H,36,44)(H,37,40)/t23?,24?,26-,27?,30-/m1/s1. The summed E-state index contributed by atoms with van der Waals surface area (Å²) in [4.78, 5) is 66.4. The SMILES string of the molecule is CC(C)(C)OC(=O)NC(CCCC(=O)N[C@@H]1C(=O)N2C(C(=O)OC(C)(C)C)C(O)CS[C@H]12)C(=O)OC(c1ccccc1)c1ccccc1. The number of aliphatic hydroxyl groups excluding tert-OH is 1. The van der Waals surface area contributed by atoms with E-state index >= 15 is 0 Å². The molecule has 0 bridgehead atoms. The van der Waals surface area contributed by atoms with Crippen LogP contribution in [0.4, 0.5) is 4.79 Å². The molecule has 3 N–H and O–H groups in total. The monoisotopic (exact) mass is 683 g/mol. The van der Waals surface area contributed by atoms with E-state index in [-0.39, 0.29) is 25.0 Å². The molecule has 2 heterocycles. The summed E-state index contributed by atoms with van der Waals surface area (Å²) in [5.41, 5.74) is -0.124. The van der Waals surface area contributed by atoms with Gasteiger partial charge in [0.2, 0.25) is 11.8 Å². The molecule has 0 spiro atoms. The van der Waals surface area contributed by atoms with Crippen molar-refractivity contribution in [1.29, 1.82) is 0 Å². The van der Waals surface area contributed by atoms with Crippen LogP contribution in [0.5, 0.6) is 0 Å². The van der Waals surface area contributed by atoms with E-state index in [1.54, 1.807) is 41.5 Å². The highest BCUT2D eigenvalue weighted by Gasteiger charge is 2.58. The first-order chi connectivity index (χ1) is 22.5. The van der Waals surface area contributed by atoms with Crippen LogP contribution in [0.3, 0.4) is 0 Å². The van der Waals surface area contributed by atoms with Crippen molar-refractivity contribution < 1.29 is 43.3 Å². The van der Waals surface area contributed by atoms with Crippen molar-refractivity contribution in [3.05, 3.63) is 71.8 Å². The van der Waals surface area contributed by atoms with Crippen LogP contribution in [0.2, 0.25) is 0 Å². The number of alkyl carbamates (subject to hydrolysis) is 1. The quantitative estimate of drug-likeness (QED) is 0.180. The lowest BCUT2D eigenvalue weighted by Gasteiger charge is -2.53. The normalized spacial score (nSPS) is 21.3. The fraction of sp³-hybridized carbons (Fsp3) is 0.514. The molecule has 2 aliphatic heterocycles. The van der Waals surface area contributed by atoms with Gasteiger partial charge in [0.25, 0.3) is 0 Å². The highest BCUT2D eigenvalue weighted by Crippen LogP contribution is 2.39. The minimum absolute atomic E-state index is 0.0532. The maximum absolute atomic E-state index is 13.6. The Bertz CT molecular complexity index is 1420. The number of hydrogen-bond acceptors (Lipinski definition) is 10. The number of carbonyl (C=O) groups is 5. The Hall–Kier alpha value is -4.10. The summed E-state index contributed by atoms with van der Waals surface area (Å²) in [6, 6.07) is 15.3. The number of fused-ring (bicyclic) bond motifs is 1. The van der Waals surface area contributed by atoms with E-state index in [0.29, 0.717) is 0 Å². The van der Waals surface area contributed by atoms with Crippen LogP contribution in [0, 0.1) is 0 Å². The molecule has 0 aromatic heterocycles. The van der Waals surface area contributed by atoms with Crippen LogP contribution in [0.1, 0.15) is 78.0 Å². The Morgan fingerprint density at radius 2 is 1.48 bits per heavy atom. The van der Waals surface area contributed by atoms with Crippen molar-refractivity contribution in [2.45, 2.75) is 108 Å². The summed E-state index contributed by atoms with van der Waals surface area (Å²) in [7, 11) is 0. The zero-order valence-corrected chi connectivity index (χ0v) is 29.0. The van der Waals surface area contributed by atoms with Crippen molar-refractivity contribution in [2.75, 3.05) is 5.75 Å². The highest BCUT2D eigenvalue weighted by atomic mass is 32.2. The molecule has 2 aromatic carbocycles. The molecule has 0 aliphatic carbocycles. The van der Waals surface area contributed by atoms with E-state index < -0.39 is 76.8 Å². The number of carbonyl (C=O) groups excluding carboxylic acids is 5. The second-order valence-electron chi connectivity index (χ2n) is 13.8. The molecule has 2 aromatic rings. The second kappa shape index (κ2) is 15.4. The first kappa shape index (κ1) is 36.7. The Balaban J connectivity index is 1.39. The van der Waals surface area contributed by atoms with Gasteiger partial charge in [-0.05, 0) is 65.5 Å². The third kappa shape index (κ3) is 9.72. The number of aliphatic hydroxyl groups is 1. The highest BCUT2D eigenvalue weighted by molar-refractivity contribution is 8.00. The van der Waals surface area contributed by atoms with Gasteiger partial charge in [-0.15, -0.1) is 11.8 Å². The van der Waals surface area contributed by atoms with Crippen LogP contribution in [-0.4, -0.2) is 86.4 Å². The zero-order valence-electron chi connectivity index (χ0n) is 28.1. The van der Waals surface area contributed by atoms with E-state index in [1.807, 2.05) is 60.7 Å². The summed E-state index contributed by atoms with van der Waals surface area (Å²) in [5, 5.41) is 15.3. The number of amides is 3. The van der Waals surface area contributed by atoms with Crippen molar-refractivity contribution in [2.24, 2.45) is 0 Å². The van der Waals surface area contributed by atoms with Crippen LogP contribution in [0.25, 0.3) is 0 Å². The molecular formula is C35H45N3O9S. The van der Waals surface area contributed by atoms with Crippen molar-refractivity contribution in [1.82, 2.24) is 15.5 Å². The molecule has 3 unspecified atom stereocenters. The third-order valence-electron chi connectivity index (χ3n) is 7.46. The van der Waals surface area contributed by atoms with Crippen LogP contribution < -0.4 is 10.6 Å². The number of nitrogens with one attached hydrogen (secondary N) is 2. The fourth-order valence-electron chi connectivity index (χ4n) is 5.39.